The van der Waals surface area contributed by atoms with Crippen LogP contribution in [0.3, 0.4) is 0 Å². The fourth-order valence-corrected chi connectivity index (χ4v) is 4.39. The van der Waals surface area contributed by atoms with Crippen LogP contribution in [0.1, 0.15) is 25.7 Å². The second-order valence-electron chi connectivity index (χ2n) is 6.33. The fraction of sp³-hybridized carbons (Fsp3) is 0.368. The van der Waals surface area contributed by atoms with E-state index in [0.29, 0.717) is 17.5 Å². The molecule has 140 valence electrons. The van der Waals surface area contributed by atoms with Gasteiger partial charge in [-0.15, -0.1) is 0 Å². The summed E-state index contributed by atoms with van der Waals surface area (Å²) in [6.45, 7) is 0. The van der Waals surface area contributed by atoms with Crippen LogP contribution in [0, 0.1) is 0 Å². The van der Waals surface area contributed by atoms with Crippen LogP contribution in [-0.2, 0) is 10.0 Å². The molecule has 3 rings (SSSR count). The molecule has 1 saturated carbocycles. The third-order valence-electron chi connectivity index (χ3n) is 4.52. The fourth-order valence-electron chi connectivity index (χ4n) is 3.14. The molecule has 0 aromatic heterocycles. The van der Waals surface area contributed by atoms with Gasteiger partial charge in [0.1, 0.15) is 16.4 Å². The Hall–Kier alpha value is -2.41. The minimum absolute atomic E-state index is 0.0347. The van der Waals surface area contributed by atoms with Crippen molar-refractivity contribution in [3.8, 4) is 11.5 Å². The molecular formula is C19H24N2O4S. The molecule has 0 radical (unpaired) electrons. The molecule has 0 amide bonds. The largest absolute Gasteiger partial charge is 0.497 e. The summed E-state index contributed by atoms with van der Waals surface area (Å²) in [6, 6.07) is 12.5. The highest BCUT2D eigenvalue weighted by Gasteiger charge is 2.21. The number of methoxy groups -OCH3 is 2. The Kier molecular flexibility index (Phi) is 5.56. The lowest BCUT2D eigenvalue weighted by atomic mass is 10.2. The SMILES string of the molecule is COc1ccc(OC)c(S(=O)(=O)Nc2ccc(NC3CCCC3)cc2)c1. The van der Waals surface area contributed by atoms with Gasteiger partial charge in [0.05, 0.1) is 14.2 Å². The van der Waals surface area contributed by atoms with E-state index >= 15 is 0 Å². The van der Waals surface area contributed by atoms with Gasteiger partial charge in [-0.2, -0.15) is 0 Å². The van der Waals surface area contributed by atoms with Gasteiger partial charge in [-0.05, 0) is 49.2 Å². The highest BCUT2D eigenvalue weighted by molar-refractivity contribution is 7.92. The predicted molar refractivity (Wildman–Crippen MR) is 103 cm³/mol. The number of anilines is 2. The smallest absolute Gasteiger partial charge is 0.265 e. The summed E-state index contributed by atoms with van der Waals surface area (Å²) in [6.07, 6.45) is 4.89. The average molecular weight is 376 g/mol. The Labute approximate surface area is 154 Å². The molecule has 7 heteroatoms. The summed E-state index contributed by atoms with van der Waals surface area (Å²) < 4.78 is 38.4. The van der Waals surface area contributed by atoms with Crippen LogP contribution < -0.4 is 19.5 Å². The highest BCUT2D eigenvalue weighted by atomic mass is 32.2. The molecule has 2 aromatic carbocycles. The molecule has 0 bridgehead atoms. The summed E-state index contributed by atoms with van der Waals surface area (Å²) in [7, 11) is -0.877. The molecule has 1 fully saturated rings. The van der Waals surface area contributed by atoms with Crippen LogP contribution in [0.2, 0.25) is 0 Å². The van der Waals surface area contributed by atoms with Crippen molar-refractivity contribution in [2.75, 3.05) is 24.3 Å². The molecule has 1 aliphatic rings. The van der Waals surface area contributed by atoms with E-state index < -0.39 is 10.0 Å². The molecule has 0 spiro atoms. The quantitative estimate of drug-likeness (QED) is 0.767. The average Bonchev–Trinajstić information content (AvgIpc) is 3.15. The van der Waals surface area contributed by atoms with Gasteiger partial charge in [-0.1, -0.05) is 12.8 Å². The van der Waals surface area contributed by atoms with Crippen molar-refractivity contribution >= 4 is 21.4 Å². The molecule has 6 nitrogen and oxygen atoms in total. The number of sulfonamides is 1. The van der Waals surface area contributed by atoms with E-state index in [-0.39, 0.29) is 10.6 Å². The molecule has 0 unspecified atom stereocenters. The standard InChI is InChI=1S/C19H24N2O4S/c1-24-17-11-12-18(25-2)19(13-17)26(22,23)21-16-9-7-15(8-10-16)20-14-5-3-4-6-14/h7-14,20-21H,3-6H2,1-2H3. The van der Waals surface area contributed by atoms with Crippen molar-refractivity contribution in [1.29, 1.82) is 0 Å². The molecule has 0 atom stereocenters. The lowest BCUT2D eigenvalue weighted by Gasteiger charge is -2.15. The number of ether oxygens (including phenoxy) is 2. The Morgan fingerprint density at radius 1 is 0.923 bits per heavy atom. The van der Waals surface area contributed by atoms with Crippen molar-refractivity contribution in [2.24, 2.45) is 0 Å². The summed E-state index contributed by atoms with van der Waals surface area (Å²) in [5.41, 5.74) is 1.49. The molecule has 2 aromatic rings. The van der Waals surface area contributed by atoms with Crippen molar-refractivity contribution < 1.29 is 17.9 Å². The molecule has 1 aliphatic carbocycles. The first-order valence-electron chi connectivity index (χ1n) is 8.63. The van der Waals surface area contributed by atoms with E-state index in [2.05, 4.69) is 10.0 Å². The van der Waals surface area contributed by atoms with Crippen molar-refractivity contribution in [1.82, 2.24) is 0 Å². The molecule has 0 heterocycles. The first-order valence-corrected chi connectivity index (χ1v) is 10.1. The van der Waals surface area contributed by atoms with E-state index in [4.69, 9.17) is 9.47 Å². The second kappa shape index (κ2) is 7.86. The highest BCUT2D eigenvalue weighted by Crippen LogP contribution is 2.30. The van der Waals surface area contributed by atoms with Gasteiger partial charge in [0.2, 0.25) is 0 Å². The maximum absolute atomic E-state index is 12.8. The van der Waals surface area contributed by atoms with Crippen LogP contribution in [0.25, 0.3) is 0 Å². The number of rotatable bonds is 7. The predicted octanol–water partition coefficient (Wildman–Crippen LogP) is 3.86. The maximum Gasteiger partial charge on any atom is 0.265 e. The number of hydrogen-bond donors (Lipinski definition) is 2. The van der Waals surface area contributed by atoms with Crippen LogP contribution in [-0.4, -0.2) is 28.7 Å². The van der Waals surface area contributed by atoms with Gasteiger partial charge in [-0.25, -0.2) is 8.42 Å². The summed E-state index contributed by atoms with van der Waals surface area (Å²) in [5, 5.41) is 3.48. The minimum atomic E-state index is -3.80. The first-order chi connectivity index (χ1) is 12.5. The van der Waals surface area contributed by atoms with Gasteiger partial charge in [0.15, 0.2) is 0 Å². The number of nitrogens with one attached hydrogen (secondary N) is 2. The van der Waals surface area contributed by atoms with Crippen molar-refractivity contribution in [3.05, 3.63) is 42.5 Å². The van der Waals surface area contributed by atoms with Crippen LogP contribution >= 0.6 is 0 Å². The van der Waals surface area contributed by atoms with Gasteiger partial charge >= 0.3 is 0 Å². The summed E-state index contributed by atoms with van der Waals surface area (Å²) in [5.74, 6) is 0.708. The van der Waals surface area contributed by atoms with E-state index in [1.807, 2.05) is 12.1 Å². The summed E-state index contributed by atoms with van der Waals surface area (Å²) in [4.78, 5) is 0.0347. The van der Waals surface area contributed by atoms with Gasteiger partial charge in [-0.3, -0.25) is 4.72 Å². The van der Waals surface area contributed by atoms with E-state index in [1.54, 1.807) is 24.3 Å². The van der Waals surface area contributed by atoms with E-state index in [1.165, 1.54) is 46.0 Å². The van der Waals surface area contributed by atoms with Crippen molar-refractivity contribution in [3.63, 3.8) is 0 Å². The number of hydrogen-bond acceptors (Lipinski definition) is 5. The Bertz CT molecular complexity index is 844. The third kappa shape index (κ3) is 4.22. The maximum atomic E-state index is 12.8. The minimum Gasteiger partial charge on any atom is -0.497 e. The molecule has 0 saturated heterocycles. The molecular weight excluding hydrogens is 352 g/mol. The summed E-state index contributed by atoms with van der Waals surface area (Å²) >= 11 is 0. The zero-order valence-corrected chi connectivity index (χ0v) is 15.8. The van der Waals surface area contributed by atoms with Gasteiger partial charge < -0.3 is 14.8 Å². The first kappa shape index (κ1) is 18.4. The zero-order valence-electron chi connectivity index (χ0n) is 15.0. The molecule has 0 aliphatic heterocycles. The molecule has 2 N–H and O–H groups in total. The van der Waals surface area contributed by atoms with Gasteiger partial charge in [0, 0.05) is 23.5 Å². The zero-order chi connectivity index (χ0) is 18.6. The lowest BCUT2D eigenvalue weighted by Crippen LogP contribution is -2.15. The second-order valence-corrected chi connectivity index (χ2v) is 7.98. The van der Waals surface area contributed by atoms with Gasteiger partial charge in [0.25, 0.3) is 10.0 Å². The normalized spacial score (nSPS) is 14.8. The van der Waals surface area contributed by atoms with E-state index in [9.17, 15) is 8.42 Å². The van der Waals surface area contributed by atoms with Crippen LogP contribution in [0.15, 0.2) is 47.4 Å². The molecule has 26 heavy (non-hydrogen) atoms. The number of benzene rings is 2. The topological polar surface area (TPSA) is 76.7 Å². The van der Waals surface area contributed by atoms with Crippen LogP contribution in [0.5, 0.6) is 11.5 Å². The monoisotopic (exact) mass is 376 g/mol. The Morgan fingerprint density at radius 3 is 2.19 bits per heavy atom. The van der Waals surface area contributed by atoms with Crippen molar-refractivity contribution in [2.45, 2.75) is 36.6 Å². The Balaban J connectivity index is 1.76. The third-order valence-corrected chi connectivity index (χ3v) is 5.93. The van der Waals surface area contributed by atoms with E-state index in [0.717, 1.165) is 5.69 Å². The van der Waals surface area contributed by atoms with Crippen LogP contribution in [0.4, 0.5) is 11.4 Å². The lowest BCUT2D eigenvalue weighted by molar-refractivity contribution is 0.392. The Morgan fingerprint density at radius 2 is 1.58 bits per heavy atom.